The number of amides is 1. The standard InChI is InChI=1S/C19H30N4O3S/c1-2-14-27(25,26)23-13-7-8-16(15-23)19(24)21-17-9-6-10-20-18(17)22-11-4-3-5-12-22/h6,9-10,16H,2-5,7-8,11-15H2,1H3,(H,21,24). The van der Waals surface area contributed by atoms with Crippen LogP contribution in [0.3, 0.4) is 0 Å². The Hall–Kier alpha value is -1.67. The molecule has 1 N–H and O–H groups in total. The molecule has 3 heterocycles. The molecule has 2 saturated heterocycles. The lowest BCUT2D eigenvalue weighted by molar-refractivity contribution is -0.120. The molecular weight excluding hydrogens is 364 g/mol. The van der Waals surface area contributed by atoms with E-state index in [1.165, 1.54) is 10.7 Å². The molecule has 1 unspecified atom stereocenters. The summed E-state index contributed by atoms with van der Waals surface area (Å²) in [5.41, 5.74) is 0.720. The molecule has 150 valence electrons. The molecule has 2 fully saturated rings. The first-order valence-electron chi connectivity index (χ1n) is 10.00. The lowest BCUT2D eigenvalue weighted by atomic mass is 9.98. The van der Waals surface area contributed by atoms with Crippen molar-refractivity contribution in [2.45, 2.75) is 45.4 Å². The number of aromatic nitrogens is 1. The molecule has 1 aromatic heterocycles. The minimum absolute atomic E-state index is 0.113. The van der Waals surface area contributed by atoms with Crippen molar-refractivity contribution >= 4 is 27.4 Å². The highest BCUT2D eigenvalue weighted by Gasteiger charge is 2.32. The van der Waals surface area contributed by atoms with Crippen molar-refractivity contribution in [3.63, 3.8) is 0 Å². The molecule has 0 saturated carbocycles. The van der Waals surface area contributed by atoms with Crippen LogP contribution >= 0.6 is 0 Å². The number of hydrogen-bond donors (Lipinski definition) is 1. The second-order valence-corrected chi connectivity index (χ2v) is 9.51. The third-order valence-corrected chi connectivity index (χ3v) is 7.35. The first kappa shape index (κ1) is 20.1. The predicted molar refractivity (Wildman–Crippen MR) is 107 cm³/mol. The molecule has 0 aliphatic carbocycles. The highest BCUT2D eigenvalue weighted by atomic mass is 32.2. The van der Waals surface area contributed by atoms with Gasteiger partial charge >= 0.3 is 0 Å². The molecule has 2 aliphatic rings. The fraction of sp³-hybridized carbons (Fsp3) is 0.684. The van der Waals surface area contributed by atoms with Gasteiger partial charge in [0, 0.05) is 32.4 Å². The highest BCUT2D eigenvalue weighted by Crippen LogP contribution is 2.27. The average molecular weight is 395 g/mol. The van der Waals surface area contributed by atoms with Crippen LogP contribution in [0.1, 0.15) is 45.4 Å². The van der Waals surface area contributed by atoms with E-state index in [0.717, 1.165) is 37.4 Å². The molecule has 3 rings (SSSR count). The van der Waals surface area contributed by atoms with Crippen LogP contribution in [-0.4, -0.2) is 55.5 Å². The van der Waals surface area contributed by atoms with E-state index in [2.05, 4.69) is 15.2 Å². The van der Waals surface area contributed by atoms with Gasteiger partial charge in [0.15, 0.2) is 5.82 Å². The summed E-state index contributed by atoms with van der Waals surface area (Å²) in [6.07, 6.45) is 7.27. The third kappa shape index (κ3) is 4.99. The number of rotatable bonds is 6. The normalized spacial score (nSPS) is 21.8. The highest BCUT2D eigenvalue weighted by molar-refractivity contribution is 7.89. The molecule has 2 aliphatic heterocycles. The molecule has 0 spiro atoms. The number of nitrogens with one attached hydrogen (secondary N) is 1. The van der Waals surface area contributed by atoms with E-state index >= 15 is 0 Å². The smallest absolute Gasteiger partial charge is 0.228 e. The maximum Gasteiger partial charge on any atom is 0.228 e. The van der Waals surface area contributed by atoms with Crippen molar-refractivity contribution in [1.82, 2.24) is 9.29 Å². The summed E-state index contributed by atoms with van der Waals surface area (Å²) in [5, 5.41) is 3.02. The lowest BCUT2D eigenvalue weighted by Gasteiger charge is -2.32. The van der Waals surface area contributed by atoms with Crippen molar-refractivity contribution in [1.29, 1.82) is 0 Å². The maximum absolute atomic E-state index is 12.9. The van der Waals surface area contributed by atoms with E-state index < -0.39 is 10.0 Å². The zero-order valence-corrected chi connectivity index (χ0v) is 16.9. The van der Waals surface area contributed by atoms with Crippen LogP contribution in [0.2, 0.25) is 0 Å². The Kier molecular flexibility index (Phi) is 6.70. The fourth-order valence-corrected chi connectivity index (χ4v) is 5.47. The van der Waals surface area contributed by atoms with E-state index in [1.54, 1.807) is 6.20 Å². The van der Waals surface area contributed by atoms with Gasteiger partial charge in [-0.15, -0.1) is 0 Å². The molecular formula is C19H30N4O3S. The van der Waals surface area contributed by atoms with Crippen LogP contribution in [0, 0.1) is 5.92 Å². The van der Waals surface area contributed by atoms with Crippen molar-refractivity contribution in [3.8, 4) is 0 Å². The van der Waals surface area contributed by atoms with Crippen molar-refractivity contribution < 1.29 is 13.2 Å². The summed E-state index contributed by atoms with van der Waals surface area (Å²) in [4.78, 5) is 19.6. The molecule has 0 bridgehead atoms. The predicted octanol–water partition coefficient (Wildman–Crippen LogP) is 2.46. The molecule has 7 nitrogen and oxygen atoms in total. The Balaban J connectivity index is 1.68. The zero-order chi connectivity index (χ0) is 19.3. The van der Waals surface area contributed by atoms with Crippen molar-refractivity contribution in [3.05, 3.63) is 18.3 Å². The van der Waals surface area contributed by atoms with Crippen molar-refractivity contribution in [2.75, 3.05) is 42.1 Å². The molecule has 27 heavy (non-hydrogen) atoms. The average Bonchev–Trinajstić information content (AvgIpc) is 2.69. The quantitative estimate of drug-likeness (QED) is 0.801. The summed E-state index contributed by atoms with van der Waals surface area (Å²) in [6, 6.07) is 3.70. The fourth-order valence-electron chi connectivity index (χ4n) is 3.88. The van der Waals surface area contributed by atoms with E-state index in [-0.39, 0.29) is 24.1 Å². The minimum atomic E-state index is -3.27. The first-order chi connectivity index (χ1) is 13.0. The minimum Gasteiger partial charge on any atom is -0.355 e. The van der Waals surface area contributed by atoms with Crippen LogP contribution in [0.5, 0.6) is 0 Å². The Morgan fingerprint density at radius 2 is 2.00 bits per heavy atom. The maximum atomic E-state index is 12.9. The number of anilines is 2. The van der Waals surface area contributed by atoms with Gasteiger partial charge in [-0.2, -0.15) is 0 Å². The van der Waals surface area contributed by atoms with Gasteiger partial charge in [-0.3, -0.25) is 4.79 Å². The van der Waals surface area contributed by atoms with Crippen molar-refractivity contribution in [2.24, 2.45) is 5.92 Å². The summed E-state index contributed by atoms with van der Waals surface area (Å²) in [7, 11) is -3.27. The zero-order valence-electron chi connectivity index (χ0n) is 16.1. The van der Waals surface area contributed by atoms with Crippen LogP contribution in [0.15, 0.2) is 18.3 Å². The van der Waals surface area contributed by atoms with E-state index in [0.29, 0.717) is 25.8 Å². The summed E-state index contributed by atoms with van der Waals surface area (Å²) >= 11 is 0. The van der Waals surface area contributed by atoms with Gasteiger partial charge in [0.25, 0.3) is 0 Å². The van der Waals surface area contributed by atoms with Gasteiger partial charge in [0.1, 0.15) is 0 Å². The first-order valence-corrected chi connectivity index (χ1v) is 11.6. The number of carbonyl (C=O) groups is 1. The van der Waals surface area contributed by atoms with Gasteiger partial charge < -0.3 is 10.2 Å². The van der Waals surface area contributed by atoms with Gasteiger partial charge in [-0.25, -0.2) is 17.7 Å². The topological polar surface area (TPSA) is 82.6 Å². The largest absolute Gasteiger partial charge is 0.355 e. The van der Waals surface area contributed by atoms with Crippen LogP contribution in [0.25, 0.3) is 0 Å². The van der Waals surface area contributed by atoms with Gasteiger partial charge in [-0.05, 0) is 50.7 Å². The molecule has 1 atom stereocenters. The third-order valence-electron chi connectivity index (χ3n) is 5.31. The van der Waals surface area contributed by atoms with Gasteiger partial charge in [0.05, 0.1) is 17.4 Å². The van der Waals surface area contributed by atoms with E-state index in [9.17, 15) is 13.2 Å². The SMILES string of the molecule is CCCS(=O)(=O)N1CCCC(C(=O)Nc2cccnc2N2CCCCC2)C1. The number of piperidine rings is 2. The Morgan fingerprint density at radius 3 is 2.74 bits per heavy atom. The number of nitrogens with zero attached hydrogens (tertiary/aromatic N) is 3. The Bertz CT molecular complexity index is 747. The van der Waals surface area contributed by atoms with Crippen LogP contribution in [-0.2, 0) is 14.8 Å². The monoisotopic (exact) mass is 394 g/mol. The number of pyridine rings is 1. The van der Waals surface area contributed by atoms with Gasteiger partial charge in [-0.1, -0.05) is 6.92 Å². The summed E-state index contributed by atoms with van der Waals surface area (Å²) < 4.78 is 26.2. The lowest BCUT2D eigenvalue weighted by Crippen LogP contribution is -2.44. The van der Waals surface area contributed by atoms with E-state index in [4.69, 9.17) is 0 Å². The van der Waals surface area contributed by atoms with Crippen LogP contribution < -0.4 is 10.2 Å². The van der Waals surface area contributed by atoms with Gasteiger partial charge in [0.2, 0.25) is 15.9 Å². The second kappa shape index (κ2) is 9.01. The molecule has 1 amide bonds. The molecule has 8 heteroatoms. The molecule has 1 aromatic rings. The Labute approximate surface area is 162 Å². The van der Waals surface area contributed by atoms with E-state index in [1.807, 2.05) is 19.1 Å². The molecule has 0 aromatic carbocycles. The number of sulfonamides is 1. The number of carbonyl (C=O) groups excluding carboxylic acids is 1. The Morgan fingerprint density at radius 1 is 1.22 bits per heavy atom. The summed E-state index contributed by atoms with van der Waals surface area (Å²) in [6.45, 7) is 4.54. The molecule has 0 radical (unpaired) electrons. The van der Waals surface area contributed by atoms with Crippen LogP contribution in [0.4, 0.5) is 11.5 Å². The number of hydrogen-bond acceptors (Lipinski definition) is 5. The second-order valence-electron chi connectivity index (χ2n) is 7.42. The summed E-state index contributed by atoms with van der Waals surface area (Å²) in [5.74, 6) is 0.526.